The van der Waals surface area contributed by atoms with Gasteiger partial charge in [0.05, 0.1) is 6.54 Å². The molecule has 1 saturated heterocycles. The van der Waals surface area contributed by atoms with Crippen molar-refractivity contribution in [3.8, 4) is 0 Å². The van der Waals surface area contributed by atoms with E-state index in [2.05, 4.69) is 12.0 Å². The average molecular weight is 397 g/mol. The molecule has 0 saturated carbocycles. The molecular formula is C23H25ClN2O2. The predicted octanol–water partition coefficient (Wildman–Crippen LogP) is 4.55. The van der Waals surface area contributed by atoms with Gasteiger partial charge in [-0.3, -0.25) is 9.48 Å². The van der Waals surface area contributed by atoms with Crippen molar-refractivity contribution in [2.75, 3.05) is 0 Å². The maximum absolute atomic E-state index is 13.4. The van der Waals surface area contributed by atoms with Gasteiger partial charge >= 0.3 is 5.97 Å². The summed E-state index contributed by atoms with van der Waals surface area (Å²) in [5.74, 6) is -0.139. The third kappa shape index (κ3) is 3.12. The minimum absolute atomic E-state index is 0. The van der Waals surface area contributed by atoms with Gasteiger partial charge in [0, 0.05) is 17.8 Å². The van der Waals surface area contributed by atoms with Crippen LogP contribution >= 0.6 is 12.4 Å². The number of esters is 1. The van der Waals surface area contributed by atoms with Crippen LogP contribution in [0.1, 0.15) is 30.2 Å². The molecule has 0 bridgehead atoms. The Bertz CT molecular complexity index is 885. The molecule has 0 aliphatic carbocycles. The van der Waals surface area contributed by atoms with Gasteiger partial charge in [-0.15, -0.1) is 12.4 Å². The van der Waals surface area contributed by atoms with Crippen molar-refractivity contribution in [3.63, 3.8) is 0 Å². The molecule has 0 amide bonds. The molecule has 1 aromatic heterocycles. The molecule has 2 unspecified atom stereocenters. The molecule has 28 heavy (non-hydrogen) atoms. The molecular weight excluding hydrogens is 372 g/mol. The SMILES string of the molecule is CCC1C(Cn2nccc2C)OC(=O)C1(c1ccccc1)c1ccccc1.Cl. The summed E-state index contributed by atoms with van der Waals surface area (Å²) in [4.78, 5) is 13.4. The maximum Gasteiger partial charge on any atom is 0.321 e. The van der Waals surface area contributed by atoms with Crippen LogP contribution in [0.2, 0.25) is 0 Å². The van der Waals surface area contributed by atoms with E-state index in [1.165, 1.54) is 0 Å². The van der Waals surface area contributed by atoms with Gasteiger partial charge in [-0.25, -0.2) is 0 Å². The van der Waals surface area contributed by atoms with E-state index >= 15 is 0 Å². The van der Waals surface area contributed by atoms with Crippen molar-refractivity contribution in [1.29, 1.82) is 0 Å². The molecule has 1 fully saturated rings. The average Bonchev–Trinajstić information content (AvgIpc) is 3.24. The second kappa shape index (κ2) is 8.19. The Kier molecular flexibility index (Phi) is 5.90. The summed E-state index contributed by atoms with van der Waals surface area (Å²) < 4.78 is 7.94. The van der Waals surface area contributed by atoms with E-state index in [9.17, 15) is 4.79 Å². The first-order chi connectivity index (χ1) is 13.2. The number of halogens is 1. The summed E-state index contributed by atoms with van der Waals surface area (Å²) in [5, 5.41) is 4.39. The molecule has 1 aliphatic heterocycles. The number of benzene rings is 2. The second-order valence-electron chi connectivity index (χ2n) is 7.15. The number of carbonyl (C=O) groups is 1. The lowest BCUT2D eigenvalue weighted by molar-refractivity contribution is -0.145. The van der Waals surface area contributed by atoms with Crippen LogP contribution in [0.5, 0.6) is 0 Å². The van der Waals surface area contributed by atoms with Crippen LogP contribution in [0.15, 0.2) is 72.9 Å². The van der Waals surface area contributed by atoms with Gasteiger partial charge in [0.2, 0.25) is 0 Å². The summed E-state index contributed by atoms with van der Waals surface area (Å²) in [7, 11) is 0. The number of ether oxygens (including phenoxy) is 1. The zero-order valence-corrected chi connectivity index (χ0v) is 16.9. The summed E-state index contributed by atoms with van der Waals surface area (Å²) in [6.45, 7) is 4.73. The van der Waals surface area contributed by atoms with Crippen molar-refractivity contribution >= 4 is 18.4 Å². The summed E-state index contributed by atoms with van der Waals surface area (Å²) >= 11 is 0. The van der Waals surface area contributed by atoms with Crippen LogP contribution in [-0.2, 0) is 21.5 Å². The first-order valence-electron chi connectivity index (χ1n) is 9.48. The second-order valence-corrected chi connectivity index (χ2v) is 7.15. The van der Waals surface area contributed by atoms with Crippen LogP contribution in [-0.4, -0.2) is 21.9 Å². The number of aryl methyl sites for hydroxylation is 1. The molecule has 2 aromatic carbocycles. The molecule has 2 atom stereocenters. The zero-order chi connectivity index (χ0) is 18.9. The van der Waals surface area contributed by atoms with Crippen molar-refractivity contribution < 1.29 is 9.53 Å². The summed E-state index contributed by atoms with van der Waals surface area (Å²) in [6.07, 6.45) is 2.40. The number of cyclic esters (lactones) is 1. The summed E-state index contributed by atoms with van der Waals surface area (Å²) in [6, 6.07) is 22.1. The highest BCUT2D eigenvalue weighted by atomic mass is 35.5. The number of rotatable bonds is 5. The van der Waals surface area contributed by atoms with Crippen LogP contribution < -0.4 is 0 Å². The van der Waals surface area contributed by atoms with Gasteiger partial charge in [-0.1, -0.05) is 67.6 Å². The zero-order valence-electron chi connectivity index (χ0n) is 16.1. The fraction of sp³-hybridized carbons (Fsp3) is 0.304. The molecule has 4 rings (SSSR count). The van der Waals surface area contributed by atoms with Gasteiger partial charge in [0.15, 0.2) is 0 Å². The topological polar surface area (TPSA) is 44.1 Å². The number of hydrogen-bond acceptors (Lipinski definition) is 3. The van der Waals surface area contributed by atoms with Gasteiger partial charge in [-0.2, -0.15) is 5.10 Å². The quantitative estimate of drug-likeness (QED) is 0.594. The lowest BCUT2D eigenvalue weighted by Gasteiger charge is -2.33. The van der Waals surface area contributed by atoms with Crippen LogP contribution in [0, 0.1) is 12.8 Å². The lowest BCUT2D eigenvalue weighted by Crippen LogP contribution is -2.41. The van der Waals surface area contributed by atoms with E-state index in [4.69, 9.17) is 4.74 Å². The maximum atomic E-state index is 13.4. The third-order valence-corrected chi connectivity index (χ3v) is 5.77. The standard InChI is InChI=1S/C23H24N2O2.ClH/c1-3-20-21(16-25-17(2)14-15-24-25)27-22(26)23(20,18-10-6-4-7-11-18)19-12-8-5-9-13-19;/h4-15,20-21H,3,16H2,1-2H3;1H. The van der Waals surface area contributed by atoms with E-state index in [0.717, 1.165) is 23.2 Å². The molecule has 146 valence electrons. The van der Waals surface area contributed by atoms with Gasteiger partial charge in [0.1, 0.15) is 11.5 Å². The molecule has 3 aromatic rings. The van der Waals surface area contributed by atoms with E-state index in [1.807, 2.05) is 78.3 Å². The van der Waals surface area contributed by atoms with Crippen LogP contribution in [0.3, 0.4) is 0 Å². The summed E-state index contributed by atoms with van der Waals surface area (Å²) in [5.41, 5.74) is 2.27. The third-order valence-electron chi connectivity index (χ3n) is 5.77. The fourth-order valence-corrected chi connectivity index (χ4v) is 4.47. The molecule has 0 spiro atoms. The van der Waals surface area contributed by atoms with Crippen molar-refractivity contribution in [1.82, 2.24) is 9.78 Å². The fourth-order valence-electron chi connectivity index (χ4n) is 4.47. The molecule has 5 heteroatoms. The van der Waals surface area contributed by atoms with E-state index in [0.29, 0.717) is 6.54 Å². The van der Waals surface area contributed by atoms with Crippen LogP contribution in [0.4, 0.5) is 0 Å². The monoisotopic (exact) mass is 396 g/mol. The van der Waals surface area contributed by atoms with Crippen molar-refractivity contribution in [2.45, 2.75) is 38.3 Å². The lowest BCUT2D eigenvalue weighted by atomic mass is 9.64. The van der Waals surface area contributed by atoms with Crippen molar-refractivity contribution in [2.24, 2.45) is 5.92 Å². The molecule has 2 heterocycles. The first-order valence-corrected chi connectivity index (χ1v) is 9.48. The predicted molar refractivity (Wildman–Crippen MR) is 112 cm³/mol. The Morgan fingerprint density at radius 3 is 2.04 bits per heavy atom. The smallest absolute Gasteiger partial charge is 0.321 e. The molecule has 0 N–H and O–H groups in total. The normalized spacial score (nSPS) is 20.4. The van der Waals surface area contributed by atoms with Crippen molar-refractivity contribution in [3.05, 3.63) is 89.7 Å². The Balaban J connectivity index is 0.00000225. The largest absolute Gasteiger partial charge is 0.459 e. The highest BCUT2D eigenvalue weighted by Crippen LogP contribution is 2.49. The molecule has 4 nitrogen and oxygen atoms in total. The minimum atomic E-state index is -0.789. The van der Waals surface area contributed by atoms with E-state index < -0.39 is 5.41 Å². The van der Waals surface area contributed by atoms with Gasteiger partial charge in [0.25, 0.3) is 0 Å². The van der Waals surface area contributed by atoms with Crippen LogP contribution in [0.25, 0.3) is 0 Å². The number of nitrogens with zero attached hydrogens (tertiary/aromatic N) is 2. The van der Waals surface area contributed by atoms with E-state index in [1.54, 1.807) is 6.20 Å². The molecule has 0 radical (unpaired) electrons. The Morgan fingerprint density at radius 2 is 1.57 bits per heavy atom. The number of carbonyl (C=O) groups excluding carboxylic acids is 1. The van der Waals surface area contributed by atoms with Gasteiger partial charge < -0.3 is 4.74 Å². The molecule has 1 aliphatic rings. The minimum Gasteiger partial charge on any atom is -0.459 e. The highest BCUT2D eigenvalue weighted by molar-refractivity contribution is 5.90. The number of aromatic nitrogens is 2. The highest BCUT2D eigenvalue weighted by Gasteiger charge is 2.58. The Hall–Kier alpha value is -2.59. The Morgan fingerprint density at radius 1 is 1.00 bits per heavy atom. The van der Waals surface area contributed by atoms with Gasteiger partial charge in [-0.05, 0) is 30.5 Å². The Labute approximate surface area is 171 Å². The first kappa shape index (κ1) is 20.2. The van der Waals surface area contributed by atoms with E-state index in [-0.39, 0.29) is 30.4 Å². The number of hydrogen-bond donors (Lipinski definition) is 0.